The van der Waals surface area contributed by atoms with Crippen molar-refractivity contribution in [2.24, 2.45) is 0 Å². The minimum Gasteiger partial charge on any atom is -0.297 e. The zero-order chi connectivity index (χ0) is 7.56. The summed E-state index contributed by atoms with van der Waals surface area (Å²) in [6.07, 6.45) is 0.965. The van der Waals surface area contributed by atoms with Crippen molar-refractivity contribution in [1.82, 2.24) is 4.90 Å². The summed E-state index contributed by atoms with van der Waals surface area (Å²) in [5, 5.41) is 0. The number of Topliss-reactive ketones (excluding diaryl/α,β-unsaturated/α-hetero) is 1. The van der Waals surface area contributed by atoms with Gasteiger partial charge in [0.15, 0.2) is 5.78 Å². The zero-order valence-corrected chi connectivity index (χ0v) is 9.85. The number of rotatable bonds is 1. The zero-order valence-electron chi connectivity index (χ0n) is 6.55. The van der Waals surface area contributed by atoms with Crippen LogP contribution in [0.15, 0.2) is 0 Å². The van der Waals surface area contributed by atoms with Crippen LogP contribution in [0.2, 0.25) is 0 Å². The molecule has 0 N–H and O–H groups in total. The van der Waals surface area contributed by atoms with E-state index in [0.717, 1.165) is 19.5 Å². The second-order valence-electron chi connectivity index (χ2n) is 2.59. The summed E-state index contributed by atoms with van der Waals surface area (Å²) in [5.74, 6) is 0.327. The number of carbonyl (C=O) groups is 1. The number of hydrogen-bond acceptors (Lipinski definition) is 2. The molecule has 1 atom stereocenters. The molecule has 0 aromatic heterocycles. The fraction of sp³-hybridized carbons (Fsp3) is 0.857. The highest BCUT2D eigenvalue weighted by molar-refractivity contribution is 9.10. The van der Waals surface area contributed by atoms with Crippen molar-refractivity contribution >= 4 is 38.7 Å². The predicted molar refractivity (Wildman–Crippen MR) is 54.8 cm³/mol. The number of piperidine rings is 1. The fourth-order valence-electron chi connectivity index (χ4n) is 1.13. The third-order valence-electron chi connectivity index (χ3n) is 1.87. The largest absolute Gasteiger partial charge is 0.297 e. The molecule has 4 heteroatoms. The Kier molecular flexibility index (Phi) is 5.56. The molecule has 1 fully saturated rings. The van der Waals surface area contributed by atoms with Gasteiger partial charge in [0.1, 0.15) is 0 Å². The van der Waals surface area contributed by atoms with Crippen molar-refractivity contribution in [2.45, 2.75) is 18.2 Å². The molecule has 0 bridgehead atoms. The van der Waals surface area contributed by atoms with Gasteiger partial charge < -0.3 is 0 Å². The smallest absolute Gasteiger partial charge is 0.160 e. The molecule has 1 heterocycles. The number of carbonyl (C=O) groups excluding carboxylic acids is 1. The van der Waals surface area contributed by atoms with Crippen molar-refractivity contribution in [1.29, 1.82) is 0 Å². The second-order valence-corrected chi connectivity index (χ2v) is 3.70. The average Bonchev–Trinajstić information content (AvgIpc) is 1.95. The maximum atomic E-state index is 11.1. The van der Waals surface area contributed by atoms with E-state index in [1.54, 1.807) is 0 Å². The first-order valence-corrected chi connectivity index (χ1v) is 4.54. The predicted octanol–water partition coefficient (Wildman–Crippen LogP) is 1.62. The van der Waals surface area contributed by atoms with Gasteiger partial charge in [0.25, 0.3) is 0 Å². The molecule has 0 saturated carbocycles. The summed E-state index contributed by atoms with van der Waals surface area (Å²) in [4.78, 5) is 13.4. The maximum Gasteiger partial charge on any atom is 0.160 e. The van der Waals surface area contributed by atoms with Gasteiger partial charge in [0, 0.05) is 6.54 Å². The summed E-state index contributed by atoms with van der Waals surface area (Å²) in [6, 6.07) is 0. The van der Waals surface area contributed by atoms with Crippen LogP contribution in [0.25, 0.3) is 0 Å². The molecule has 66 valence electrons. The van der Waals surface area contributed by atoms with Crippen LogP contribution in [-0.2, 0) is 4.79 Å². The van der Waals surface area contributed by atoms with Crippen LogP contribution >= 0.6 is 32.9 Å². The molecule has 0 radical (unpaired) electrons. The van der Waals surface area contributed by atoms with Gasteiger partial charge in [-0.2, -0.15) is 0 Å². The first kappa shape index (κ1) is 11.6. The highest BCUT2D eigenvalue weighted by atomic mass is 79.9. The van der Waals surface area contributed by atoms with Gasteiger partial charge in [0.05, 0.1) is 11.4 Å². The number of likely N-dealkylation sites (N-methyl/N-ethyl adjacent to an activating group) is 1. The highest BCUT2D eigenvalue weighted by Gasteiger charge is 2.23. The molecular formula is C7H13Br2NO. The van der Waals surface area contributed by atoms with Gasteiger partial charge in [-0.15, -0.1) is 17.0 Å². The number of ketones is 1. The Morgan fingerprint density at radius 1 is 1.73 bits per heavy atom. The molecular weight excluding hydrogens is 274 g/mol. The van der Waals surface area contributed by atoms with Crippen LogP contribution in [0.4, 0.5) is 0 Å². The van der Waals surface area contributed by atoms with Gasteiger partial charge in [-0.25, -0.2) is 0 Å². The molecule has 1 rings (SSSR count). The molecule has 0 amide bonds. The van der Waals surface area contributed by atoms with E-state index in [0.29, 0.717) is 12.3 Å². The van der Waals surface area contributed by atoms with E-state index in [1.165, 1.54) is 0 Å². The van der Waals surface area contributed by atoms with Crippen LogP contribution in [0.5, 0.6) is 0 Å². The summed E-state index contributed by atoms with van der Waals surface area (Å²) >= 11 is 3.33. The van der Waals surface area contributed by atoms with E-state index >= 15 is 0 Å². The molecule has 0 aromatic carbocycles. The summed E-state index contributed by atoms with van der Waals surface area (Å²) in [6.45, 7) is 4.76. The van der Waals surface area contributed by atoms with Crippen molar-refractivity contribution in [3.05, 3.63) is 0 Å². The molecule has 0 aromatic rings. The van der Waals surface area contributed by atoms with Gasteiger partial charge in [-0.1, -0.05) is 22.9 Å². The van der Waals surface area contributed by atoms with E-state index in [2.05, 4.69) is 27.8 Å². The Balaban J connectivity index is 0.000001000. The lowest BCUT2D eigenvalue weighted by molar-refractivity contribution is -0.121. The van der Waals surface area contributed by atoms with Crippen LogP contribution in [-0.4, -0.2) is 35.1 Å². The lowest BCUT2D eigenvalue weighted by Gasteiger charge is -2.26. The molecule has 1 unspecified atom stereocenters. The number of halogens is 2. The maximum absolute atomic E-state index is 11.1. The van der Waals surface area contributed by atoms with Crippen molar-refractivity contribution in [3.8, 4) is 0 Å². The average molecular weight is 287 g/mol. The van der Waals surface area contributed by atoms with Crippen LogP contribution in [0.3, 0.4) is 0 Å². The van der Waals surface area contributed by atoms with Crippen LogP contribution in [0.1, 0.15) is 13.3 Å². The lowest BCUT2D eigenvalue weighted by Crippen LogP contribution is -2.40. The second kappa shape index (κ2) is 5.27. The molecule has 11 heavy (non-hydrogen) atoms. The topological polar surface area (TPSA) is 20.3 Å². The van der Waals surface area contributed by atoms with Gasteiger partial charge >= 0.3 is 0 Å². The Bertz CT molecular complexity index is 140. The Morgan fingerprint density at radius 3 is 2.82 bits per heavy atom. The molecule has 0 aliphatic carbocycles. The number of likely N-dealkylation sites (tertiary alicyclic amines) is 1. The third kappa shape index (κ3) is 3.22. The molecule has 1 aliphatic heterocycles. The summed E-state index contributed by atoms with van der Waals surface area (Å²) < 4.78 is 0. The molecule has 1 aliphatic rings. The molecule has 2 nitrogen and oxygen atoms in total. The van der Waals surface area contributed by atoms with Crippen molar-refractivity contribution < 1.29 is 4.79 Å². The first-order valence-electron chi connectivity index (χ1n) is 3.63. The van der Waals surface area contributed by atoms with Crippen LogP contribution < -0.4 is 0 Å². The monoisotopic (exact) mass is 285 g/mol. The van der Waals surface area contributed by atoms with Gasteiger partial charge in [-0.05, 0) is 13.0 Å². The minimum absolute atomic E-state index is 0. The highest BCUT2D eigenvalue weighted by Crippen LogP contribution is 2.13. The van der Waals surface area contributed by atoms with Crippen molar-refractivity contribution in [3.63, 3.8) is 0 Å². The normalized spacial score (nSPS) is 26.4. The van der Waals surface area contributed by atoms with E-state index in [9.17, 15) is 4.79 Å². The van der Waals surface area contributed by atoms with Gasteiger partial charge in [-0.3, -0.25) is 9.69 Å². The Hall–Kier alpha value is 0.590. The Morgan fingerprint density at radius 2 is 2.36 bits per heavy atom. The van der Waals surface area contributed by atoms with Crippen LogP contribution in [0, 0.1) is 0 Å². The number of nitrogens with zero attached hydrogens (tertiary/aromatic N) is 1. The minimum atomic E-state index is 0. The Labute approximate surface area is 86.2 Å². The van der Waals surface area contributed by atoms with E-state index < -0.39 is 0 Å². The van der Waals surface area contributed by atoms with Crippen molar-refractivity contribution in [2.75, 3.05) is 19.6 Å². The quantitative estimate of drug-likeness (QED) is 0.683. The fourth-order valence-corrected chi connectivity index (χ4v) is 1.47. The van der Waals surface area contributed by atoms with E-state index in [1.807, 2.05) is 0 Å². The van der Waals surface area contributed by atoms with Gasteiger partial charge in [0.2, 0.25) is 0 Å². The lowest BCUT2D eigenvalue weighted by atomic mass is 10.1. The number of alkyl halides is 1. The molecule has 1 saturated heterocycles. The van der Waals surface area contributed by atoms with E-state index in [4.69, 9.17) is 0 Å². The summed E-state index contributed by atoms with van der Waals surface area (Å²) in [7, 11) is 0. The number of hydrogen-bond donors (Lipinski definition) is 0. The van der Waals surface area contributed by atoms with E-state index in [-0.39, 0.29) is 21.8 Å². The first-order chi connectivity index (χ1) is 4.74. The summed E-state index contributed by atoms with van der Waals surface area (Å²) in [5.41, 5.74) is 0. The SMILES string of the molecule is Br.CCN1CCC(Br)C(=O)C1. The third-order valence-corrected chi connectivity index (χ3v) is 2.84. The standard InChI is InChI=1S/C7H12BrNO.BrH/c1-2-9-4-3-6(8)7(10)5-9;/h6H,2-5H2,1H3;1H. The molecule has 0 spiro atoms.